The Morgan fingerprint density at radius 1 is 1.00 bits per heavy atom. The summed E-state index contributed by atoms with van der Waals surface area (Å²) in [5.74, 6) is 0. The van der Waals surface area contributed by atoms with Crippen molar-refractivity contribution in [3.63, 3.8) is 0 Å². The number of hydrogen-bond donors (Lipinski definition) is 0. The molecule has 0 nitrogen and oxygen atoms in total. The molecule has 1 saturated carbocycles. The Labute approximate surface area is 110 Å². The number of hydrogen-bond acceptors (Lipinski definition) is 0. The van der Waals surface area contributed by atoms with E-state index in [1.54, 1.807) is 0 Å². The van der Waals surface area contributed by atoms with Gasteiger partial charge in [-0.25, -0.2) is 12.2 Å². The first kappa shape index (κ1) is 19.9. The molecule has 0 aromatic heterocycles. The maximum atomic E-state index is 2.99. The van der Waals surface area contributed by atoms with Gasteiger partial charge in [0.25, 0.3) is 0 Å². The van der Waals surface area contributed by atoms with Crippen LogP contribution in [0.2, 0.25) is 0 Å². The van der Waals surface area contributed by atoms with Crippen molar-refractivity contribution in [1.82, 2.24) is 0 Å². The Balaban J connectivity index is -0.000000144. The van der Waals surface area contributed by atoms with Gasteiger partial charge in [-0.2, -0.15) is 18.9 Å². The molecule has 0 spiro atoms. The Hall–Kier alpha value is 0.363. The fourth-order valence-corrected chi connectivity index (χ4v) is 1.24. The van der Waals surface area contributed by atoms with E-state index in [0.717, 1.165) is 6.42 Å². The van der Waals surface area contributed by atoms with Crippen molar-refractivity contribution >= 4 is 0 Å². The van der Waals surface area contributed by atoms with Crippen LogP contribution in [-0.2, 0) is 26.2 Å². The topological polar surface area (TPSA) is 0 Å². The summed E-state index contributed by atoms with van der Waals surface area (Å²) in [4.78, 5) is 0. The SMILES string of the molecule is [C-]1=CC=CC1.[CH-]1CCCCC1.[CH3-].[CH3-].[Zr+4]. The van der Waals surface area contributed by atoms with Crippen LogP contribution in [0.1, 0.15) is 38.5 Å². The van der Waals surface area contributed by atoms with Gasteiger partial charge in [0.05, 0.1) is 0 Å². The largest absolute Gasteiger partial charge is 4.00 e. The van der Waals surface area contributed by atoms with Crippen LogP contribution >= 0.6 is 0 Å². The second kappa shape index (κ2) is 15.8. The molecule has 0 saturated heterocycles. The summed E-state index contributed by atoms with van der Waals surface area (Å²) in [6.07, 6.45) is 19.5. The van der Waals surface area contributed by atoms with Gasteiger partial charge in [-0.3, -0.25) is 6.08 Å². The van der Waals surface area contributed by atoms with E-state index in [1.165, 1.54) is 32.1 Å². The zero-order valence-corrected chi connectivity index (χ0v) is 12.0. The Bertz CT molecular complexity index is 111. The Morgan fingerprint density at radius 2 is 1.64 bits per heavy atom. The van der Waals surface area contributed by atoms with Crippen molar-refractivity contribution < 1.29 is 26.2 Å². The molecule has 2 aliphatic carbocycles. The summed E-state index contributed by atoms with van der Waals surface area (Å²) in [5, 5.41) is 0. The van der Waals surface area contributed by atoms with E-state index in [0.29, 0.717) is 0 Å². The van der Waals surface area contributed by atoms with Gasteiger partial charge in [0.15, 0.2) is 0 Å². The fraction of sp³-hybridized carbons (Fsp3) is 0.462. The Morgan fingerprint density at radius 3 is 1.79 bits per heavy atom. The van der Waals surface area contributed by atoms with E-state index in [1.807, 2.05) is 12.2 Å². The van der Waals surface area contributed by atoms with Gasteiger partial charge in [0, 0.05) is 0 Å². The normalized spacial score (nSPS) is 16.6. The second-order valence-electron chi connectivity index (χ2n) is 2.93. The summed E-state index contributed by atoms with van der Waals surface area (Å²) >= 11 is 0. The molecular weight excluding hydrogens is 247 g/mol. The third kappa shape index (κ3) is 12.4. The minimum absolute atomic E-state index is 0. The number of rotatable bonds is 0. The molecule has 0 unspecified atom stereocenters. The standard InChI is InChI=1S/C6H11.C5H5.2CH3.Zr/c1-2-4-6-5-3-1;1-2-4-5-3-1;;;/h1H,2-6H2;1-3H,4H2;2*1H3;/q4*-1;+4. The van der Waals surface area contributed by atoms with Crippen LogP contribution in [0.15, 0.2) is 18.2 Å². The first-order valence-electron chi connectivity index (χ1n) is 4.53. The van der Waals surface area contributed by atoms with Crippen molar-refractivity contribution in [2.45, 2.75) is 38.5 Å². The van der Waals surface area contributed by atoms with Crippen molar-refractivity contribution in [2.24, 2.45) is 0 Å². The Kier molecular flexibility index (Phi) is 22.4. The molecule has 0 atom stereocenters. The van der Waals surface area contributed by atoms with Gasteiger partial charge in [-0.05, 0) is 0 Å². The van der Waals surface area contributed by atoms with Crippen molar-refractivity contribution in [2.75, 3.05) is 0 Å². The molecule has 78 valence electrons. The van der Waals surface area contributed by atoms with Crippen LogP contribution in [0.5, 0.6) is 0 Å². The van der Waals surface area contributed by atoms with E-state index in [9.17, 15) is 0 Å². The van der Waals surface area contributed by atoms with Crippen LogP contribution in [0.3, 0.4) is 0 Å². The van der Waals surface area contributed by atoms with E-state index in [2.05, 4.69) is 18.6 Å². The molecule has 14 heavy (non-hydrogen) atoms. The quantitative estimate of drug-likeness (QED) is 0.573. The third-order valence-electron chi connectivity index (χ3n) is 1.90. The van der Waals surface area contributed by atoms with Gasteiger partial charge in [-0.15, -0.1) is 6.42 Å². The molecule has 0 aliphatic heterocycles. The van der Waals surface area contributed by atoms with Crippen LogP contribution in [0, 0.1) is 27.4 Å². The number of allylic oxidation sites excluding steroid dienone is 4. The van der Waals surface area contributed by atoms with Crippen molar-refractivity contribution in [3.8, 4) is 0 Å². The summed E-state index contributed by atoms with van der Waals surface area (Å²) < 4.78 is 0. The molecule has 1 fully saturated rings. The van der Waals surface area contributed by atoms with E-state index < -0.39 is 0 Å². The first-order valence-corrected chi connectivity index (χ1v) is 4.53. The van der Waals surface area contributed by atoms with Gasteiger partial charge < -0.3 is 21.3 Å². The predicted molar refractivity (Wildman–Crippen MR) is 61.8 cm³/mol. The average molecular weight is 270 g/mol. The van der Waals surface area contributed by atoms with Gasteiger partial charge in [0.2, 0.25) is 0 Å². The minimum Gasteiger partial charge on any atom is -0.358 e. The van der Waals surface area contributed by atoms with Crippen molar-refractivity contribution in [1.29, 1.82) is 0 Å². The van der Waals surface area contributed by atoms with Gasteiger partial charge in [-0.1, -0.05) is 19.3 Å². The molecule has 0 bridgehead atoms. The molecule has 0 aromatic rings. The minimum atomic E-state index is 0. The van der Waals surface area contributed by atoms with Gasteiger partial charge >= 0.3 is 26.2 Å². The maximum Gasteiger partial charge on any atom is 4.00 e. The van der Waals surface area contributed by atoms with E-state index in [4.69, 9.17) is 0 Å². The second-order valence-corrected chi connectivity index (χ2v) is 2.93. The molecule has 1 heteroatoms. The molecule has 0 radical (unpaired) electrons. The molecule has 0 N–H and O–H groups in total. The smallest absolute Gasteiger partial charge is 0.358 e. The zero-order chi connectivity index (χ0) is 7.78. The maximum absolute atomic E-state index is 2.99. The molecular formula is C13H22Zr. The fourth-order valence-electron chi connectivity index (χ4n) is 1.24. The summed E-state index contributed by atoms with van der Waals surface area (Å²) in [7, 11) is 0. The molecule has 2 rings (SSSR count). The van der Waals surface area contributed by atoms with Crippen LogP contribution in [0.4, 0.5) is 0 Å². The summed E-state index contributed by atoms with van der Waals surface area (Å²) in [6, 6.07) is 0. The average Bonchev–Trinajstić information content (AvgIpc) is 2.64. The van der Waals surface area contributed by atoms with E-state index >= 15 is 0 Å². The van der Waals surface area contributed by atoms with Crippen LogP contribution < -0.4 is 0 Å². The summed E-state index contributed by atoms with van der Waals surface area (Å²) in [6.45, 7) is 0. The van der Waals surface area contributed by atoms with Gasteiger partial charge in [0.1, 0.15) is 0 Å². The van der Waals surface area contributed by atoms with E-state index in [-0.39, 0.29) is 41.1 Å². The zero-order valence-electron chi connectivity index (χ0n) is 9.55. The molecule has 2 aliphatic rings. The first-order chi connectivity index (χ1) is 5.50. The molecule has 0 heterocycles. The molecule has 0 amide bonds. The molecule has 0 aromatic carbocycles. The van der Waals surface area contributed by atoms with Crippen molar-refractivity contribution in [3.05, 3.63) is 45.6 Å². The third-order valence-corrected chi connectivity index (χ3v) is 1.90. The van der Waals surface area contributed by atoms with Crippen LogP contribution in [0.25, 0.3) is 0 Å². The monoisotopic (exact) mass is 268 g/mol. The summed E-state index contributed by atoms with van der Waals surface area (Å²) in [5.41, 5.74) is 0. The van der Waals surface area contributed by atoms with Crippen LogP contribution in [-0.4, -0.2) is 0 Å². The predicted octanol–water partition coefficient (Wildman–Crippen LogP) is 4.36.